The number of nitrogens with zero attached hydrogens (tertiary/aromatic N) is 3. The summed E-state index contributed by atoms with van der Waals surface area (Å²) >= 11 is 1.73. The van der Waals surface area contributed by atoms with E-state index in [1.165, 1.54) is 43.5 Å². The Bertz CT molecular complexity index is 582. The molecule has 2 saturated heterocycles. The molecule has 0 spiro atoms. The Morgan fingerprint density at radius 1 is 1.21 bits per heavy atom. The number of aromatic nitrogens is 2. The second kappa shape index (κ2) is 4.72. The first-order chi connectivity index (χ1) is 9.42. The van der Waals surface area contributed by atoms with Crippen LogP contribution in [0.1, 0.15) is 25.7 Å². The summed E-state index contributed by atoms with van der Waals surface area (Å²) < 4.78 is 1.19. The average molecular weight is 274 g/mol. The predicted molar refractivity (Wildman–Crippen MR) is 78.7 cm³/mol. The molecule has 4 rings (SSSR count). The summed E-state index contributed by atoms with van der Waals surface area (Å²) in [6, 6.07) is 3.33. The van der Waals surface area contributed by atoms with E-state index >= 15 is 0 Å². The van der Waals surface area contributed by atoms with E-state index in [2.05, 4.69) is 31.6 Å². The number of thiophene rings is 1. The normalized spacial score (nSPS) is 27.6. The molecule has 0 bridgehead atoms. The Balaban J connectivity index is 1.59. The van der Waals surface area contributed by atoms with Crippen molar-refractivity contribution in [3.63, 3.8) is 0 Å². The van der Waals surface area contributed by atoms with Crippen molar-refractivity contribution < 1.29 is 0 Å². The van der Waals surface area contributed by atoms with E-state index in [4.69, 9.17) is 0 Å². The van der Waals surface area contributed by atoms with Crippen molar-refractivity contribution in [3.8, 4) is 0 Å². The molecule has 0 radical (unpaired) electrons. The van der Waals surface area contributed by atoms with E-state index in [0.29, 0.717) is 12.1 Å². The quantitative estimate of drug-likeness (QED) is 0.914. The highest BCUT2D eigenvalue weighted by molar-refractivity contribution is 7.17. The van der Waals surface area contributed by atoms with E-state index < -0.39 is 0 Å². The molecule has 19 heavy (non-hydrogen) atoms. The summed E-state index contributed by atoms with van der Waals surface area (Å²) in [5, 5.41) is 5.78. The first-order valence-corrected chi connectivity index (χ1v) is 7.98. The van der Waals surface area contributed by atoms with Crippen LogP contribution in [-0.2, 0) is 0 Å². The van der Waals surface area contributed by atoms with Crippen molar-refractivity contribution in [2.45, 2.75) is 37.8 Å². The zero-order chi connectivity index (χ0) is 12.7. The number of anilines is 1. The molecule has 0 amide bonds. The molecule has 2 atom stereocenters. The Hall–Kier alpha value is -1.20. The molecule has 5 heteroatoms. The van der Waals surface area contributed by atoms with Gasteiger partial charge in [0, 0.05) is 18.6 Å². The van der Waals surface area contributed by atoms with Crippen molar-refractivity contribution in [3.05, 3.63) is 17.8 Å². The molecule has 2 aromatic heterocycles. The largest absolute Gasteiger partial charge is 0.364 e. The van der Waals surface area contributed by atoms with Crippen LogP contribution in [0.4, 0.5) is 5.82 Å². The smallest absolute Gasteiger partial charge is 0.147 e. The zero-order valence-corrected chi connectivity index (χ0v) is 11.7. The summed E-state index contributed by atoms with van der Waals surface area (Å²) in [6.45, 7) is 2.52. The van der Waals surface area contributed by atoms with E-state index in [1.54, 1.807) is 17.7 Å². The number of rotatable bonds is 2. The summed E-state index contributed by atoms with van der Waals surface area (Å²) in [7, 11) is 0. The van der Waals surface area contributed by atoms with Gasteiger partial charge >= 0.3 is 0 Å². The number of hydrogen-bond acceptors (Lipinski definition) is 5. The first kappa shape index (κ1) is 11.6. The van der Waals surface area contributed by atoms with Gasteiger partial charge in [-0.3, -0.25) is 4.90 Å². The van der Waals surface area contributed by atoms with Crippen LogP contribution in [0, 0.1) is 0 Å². The third kappa shape index (κ3) is 2.01. The van der Waals surface area contributed by atoms with Gasteiger partial charge in [-0.15, -0.1) is 11.3 Å². The Kier molecular flexibility index (Phi) is 2.89. The van der Waals surface area contributed by atoms with Crippen LogP contribution in [-0.4, -0.2) is 40.0 Å². The molecule has 2 unspecified atom stereocenters. The molecule has 0 aromatic carbocycles. The van der Waals surface area contributed by atoms with Gasteiger partial charge in [-0.05, 0) is 37.3 Å². The maximum atomic E-state index is 4.45. The van der Waals surface area contributed by atoms with Gasteiger partial charge in [-0.25, -0.2) is 9.97 Å². The molecule has 4 heterocycles. The van der Waals surface area contributed by atoms with Crippen LogP contribution in [0.15, 0.2) is 17.8 Å². The zero-order valence-electron chi connectivity index (χ0n) is 10.9. The van der Waals surface area contributed by atoms with E-state index in [1.807, 2.05) is 0 Å². The third-order valence-corrected chi connectivity index (χ3v) is 5.33. The van der Waals surface area contributed by atoms with E-state index in [9.17, 15) is 0 Å². The predicted octanol–water partition coefficient (Wildman–Crippen LogP) is 2.73. The topological polar surface area (TPSA) is 41.1 Å². The van der Waals surface area contributed by atoms with Gasteiger partial charge in [-0.2, -0.15) is 0 Å². The highest BCUT2D eigenvalue weighted by Crippen LogP contribution is 2.31. The maximum absolute atomic E-state index is 4.45. The van der Waals surface area contributed by atoms with Gasteiger partial charge in [0.25, 0.3) is 0 Å². The monoisotopic (exact) mass is 274 g/mol. The Morgan fingerprint density at radius 2 is 2.21 bits per heavy atom. The average Bonchev–Trinajstić information content (AvgIpc) is 3.06. The van der Waals surface area contributed by atoms with Crippen LogP contribution in [0.5, 0.6) is 0 Å². The fraction of sp³-hybridized carbons (Fsp3) is 0.571. The number of fused-ring (bicyclic) bond motifs is 2. The van der Waals surface area contributed by atoms with Gasteiger partial charge in [0.2, 0.25) is 0 Å². The molecule has 2 aromatic rings. The minimum atomic E-state index is 0.556. The van der Waals surface area contributed by atoms with E-state index in [-0.39, 0.29) is 0 Å². The van der Waals surface area contributed by atoms with Crippen molar-refractivity contribution in [2.75, 3.05) is 18.4 Å². The first-order valence-electron chi connectivity index (χ1n) is 7.10. The van der Waals surface area contributed by atoms with E-state index in [0.717, 1.165) is 11.3 Å². The molecule has 4 nitrogen and oxygen atoms in total. The molecule has 1 N–H and O–H groups in total. The SMILES string of the molecule is c1nc(NC2CCN3CCCCC23)c2sccc2n1. The lowest BCUT2D eigenvalue weighted by Crippen LogP contribution is -2.41. The number of piperidine rings is 1. The van der Waals surface area contributed by atoms with Crippen molar-refractivity contribution in [2.24, 2.45) is 0 Å². The molecule has 2 aliphatic heterocycles. The van der Waals surface area contributed by atoms with Crippen LogP contribution in [0.2, 0.25) is 0 Å². The molecule has 0 aliphatic carbocycles. The number of nitrogens with one attached hydrogen (secondary N) is 1. The lowest BCUT2D eigenvalue weighted by atomic mass is 9.99. The van der Waals surface area contributed by atoms with Crippen LogP contribution in [0.3, 0.4) is 0 Å². The molecular weight excluding hydrogens is 256 g/mol. The van der Waals surface area contributed by atoms with Crippen LogP contribution >= 0.6 is 11.3 Å². The maximum Gasteiger partial charge on any atom is 0.147 e. The summed E-state index contributed by atoms with van der Waals surface area (Å²) in [4.78, 5) is 11.4. The minimum absolute atomic E-state index is 0.556. The molecule has 0 saturated carbocycles. The van der Waals surface area contributed by atoms with Crippen molar-refractivity contribution in [1.29, 1.82) is 0 Å². The minimum Gasteiger partial charge on any atom is -0.364 e. The highest BCUT2D eigenvalue weighted by atomic mass is 32.1. The van der Waals surface area contributed by atoms with Gasteiger partial charge in [0.05, 0.1) is 10.2 Å². The lowest BCUT2D eigenvalue weighted by Gasteiger charge is -2.32. The summed E-state index contributed by atoms with van der Waals surface area (Å²) in [5.74, 6) is 1.03. The molecule has 2 fully saturated rings. The third-order valence-electron chi connectivity index (χ3n) is 4.42. The van der Waals surface area contributed by atoms with Gasteiger partial charge in [0.15, 0.2) is 0 Å². The van der Waals surface area contributed by atoms with Gasteiger partial charge in [0.1, 0.15) is 12.1 Å². The summed E-state index contributed by atoms with van der Waals surface area (Å²) in [6.07, 6.45) is 6.98. The van der Waals surface area contributed by atoms with Crippen LogP contribution < -0.4 is 5.32 Å². The van der Waals surface area contributed by atoms with Gasteiger partial charge in [-0.1, -0.05) is 6.42 Å². The van der Waals surface area contributed by atoms with Crippen LogP contribution in [0.25, 0.3) is 10.2 Å². The molecule has 100 valence electrons. The van der Waals surface area contributed by atoms with Crippen molar-refractivity contribution >= 4 is 27.4 Å². The lowest BCUT2D eigenvalue weighted by molar-refractivity contribution is 0.192. The summed E-state index contributed by atoms with van der Waals surface area (Å²) in [5.41, 5.74) is 1.06. The molecule has 2 aliphatic rings. The second-order valence-corrected chi connectivity index (χ2v) is 6.41. The number of hydrogen-bond donors (Lipinski definition) is 1. The standard InChI is InChI=1S/C14H18N4S/c1-2-6-18-7-4-10(12(18)3-1)17-14-13-11(5-8-19-13)15-9-16-14/h5,8-10,12H,1-4,6-7H2,(H,15,16,17). The Labute approximate surface area is 116 Å². The fourth-order valence-corrected chi connectivity index (χ4v) is 4.28. The second-order valence-electron chi connectivity index (χ2n) is 5.50. The van der Waals surface area contributed by atoms with Gasteiger partial charge < -0.3 is 5.32 Å². The molecular formula is C14H18N4S. The van der Waals surface area contributed by atoms with Crippen molar-refractivity contribution in [1.82, 2.24) is 14.9 Å². The highest BCUT2D eigenvalue weighted by Gasteiger charge is 2.35. The Morgan fingerprint density at radius 3 is 3.21 bits per heavy atom. The fourth-order valence-electron chi connectivity index (χ4n) is 3.48.